The van der Waals surface area contributed by atoms with E-state index in [0.717, 1.165) is 17.8 Å². The molecule has 0 aliphatic carbocycles. The Labute approximate surface area is 139 Å². The summed E-state index contributed by atoms with van der Waals surface area (Å²) in [6.07, 6.45) is 1.05. The van der Waals surface area contributed by atoms with Gasteiger partial charge in [0.2, 0.25) is 5.91 Å². The molecule has 0 radical (unpaired) electrons. The minimum atomic E-state index is -2.89. The van der Waals surface area contributed by atoms with Gasteiger partial charge < -0.3 is 5.32 Å². The Morgan fingerprint density at radius 1 is 1.30 bits per heavy atom. The smallest absolute Gasteiger partial charge is 0.225 e. The highest BCUT2D eigenvalue weighted by Crippen LogP contribution is 2.18. The summed E-state index contributed by atoms with van der Waals surface area (Å²) in [5, 5.41) is 2.91. The van der Waals surface area contributed by atoms with Crippen LogP contribution in [0, 0.1) is 13.8 Å². The summed E-state index contributed by atoms with van der Waals surface area (Å²) in [5.41, 5.74) is 3.15. The first-order chi connectivity index (χ1) is 10.8. The number of hydrogen-bond donors (Lipinski definition) is 1. The third kappa shape index (κ3) is 5.04. The average Bonchev–Trinajstić information content (AvgIpc) is 2.84. The molecule has 1 atom stereocenters. The second kappa shape index (κ2) is 7.45. The van der Waals surface area contributed by atoms with Gasteiger partial charge in [-0.15, -0.1) is 0 Å². The molecule has 1 unspecified atom stereocenters. The van der Waals surface area contributed by atoms with Crippen molar-refractivity contribution in [2.75, 3.05) is 29.9 Å². The van der Waals surface area contributed by atoms with Crippen molar-refractivity contribution >= 4 is 21.4 Å². The van der Waals surface area contributed by atoms with Gasteiger partial charge in [-0.3, -0.25) is 9.69 Å². The van der Waals surface area contributed by atoms with Gasteiger partial charge >= 0.3 is 0 Å². The van der Waals surface area contributed by atoms with E-state index in [1.165, 1.54) is 5.56 Å². The molecule has 2 rings (SSSR count). The molecule has 1 aromatic carbocycles. The summed E-state index contributed by atoms with van der Waals surface area (Å²) in [5.74, 6) is 0.454. The Balaban J connectivity index is 1.86. The van der Waals surface area contributed by atoms with Crippen molar-refractivity contribution < 1.29 is 13.2 Å². The average molecular weight is 338 g/mol. The number of nitrogens with zero attached hydrogens (tertiary/aromatic N) is 1. The summed E-state index contributed by atoms with van der Waals surface area (Å²) in [7, 11) is -2.89. The lowest BCUT2D eigenvalue weighted by molar-refractivity contribution is -0.116. The first-order valence-corrected chi connectivity index (χ1v) is 9.94. The minimum Gasteiger partial charge on any atom is -0.326 e. The van der Waals surface area contributed by atoms with Gasteiger partial charge in [0.15, 0.2) is 9.84 Å². The highest BCUT2D eigenvalue weighted by atomic mass is 32.2. The lowest BCUT2D eigenvalue weighted by Crippen LogP contribution is -2.38. The first kappa shape index (κ1) is 17.9. The molecule has 1 N–H and O–H groups in total. The summed E-state index contributed by atoms with van der Waals surface area (Å²) < 4.78 is 23.2. The molecule has 1 fully saturated rings. The molecule has 23 heavy (non-hydrogen) atoms. The van der Waals surface area contributed by atoms with Gasteiger partial charge in [-0.1, -0.05) is 13.0 Å². The van der Waals surface area contributed by atoms with Gasteiger partial charge in [0, 0.05) is 24.7 Å². The molecule has 0 saturated carbocycles. The maximum atomic E-state index is 12.1. The molecule has 128 valence electrons. The fourth-order valence-electron chi connectivity index (χ4n) is 2.95. The van der Waals surface area contributed by atoms with Crippen LogP contribution in [0.4, 0.5) is 5.69 Å². The van der Waals surface area contributed by atoms with Crippen LogP contribution in [0.25, 0.3) is 0 Å². The van der Waals surface area contributed by atoms with Crippen molar-refractivity contribution in [3.05, 3.63) is 29.3 Å². The summed E-state index contributed by atoms with van der Waals surface area (Å²) in [6, 6.07) is 5.92. The molecule has 0 spiro atoms. The van der Waals surface area contributed by atoms with E-state index in [0.29, 0.717) is 19.4 Å². The predicted octanol–water partition coefficient (Wildman–Crippen LogP) is 2.14. The van der Waals surface area contributed by atoms with Gasteiger partial charge in [-0.05, 0) is 50.1 Å². The molecule has 1 heterocycles. The minimum absolute atomic E-state index is 0.0347. The van der Waals surface area contributed by atoms with E-state index in [9.17, 15) is 13.2 Å². The van der Waals surface area contributed by atoms with Crippen LogP contribution >= 0.6 is 0 Å². The van der Waals surface area contributed by atoms with Gasteiger partial charge in [0.25, 0.3) is 0 Å². The van der Waals surface area contributed by atoms with Crippen molar-refractivity contribution in [1.29, 1.82) is 0 Å². The van der Waals surface area contributed by atoms with E-state index in [2.05, 4.69) is 10.2 Å². The van der Waals surface area contributed by atoms with E-state index in [4.69, 9.17) is 0 Å². The van der Waals surface area contributed by atoms with Crippen LogP contribution in [0.5, 0.6) is 0 Å². The van der Waals surface area contributed by atoms with Crippen LogP contribution in [0.3, 0.4) is 0 Å². The molecular formula is C17H26N2O3S. The number of nitrogens with one attached hydrogen (secondary N) is 1. The Hall–Kier alpha value is -1.40. The molecular weight excluding hydrogens is 312 g/mol. The second-order valence-electron chi connectivity index (χ2n) is 6.28. The summed E-state index contributed by atoms with van der Waals surface area (Å²) in [4.78, 5) is 14.2. The van der Waals surface area contributed by atoms with Crippen molar-refractivity contribution in [3.63, 3.8) is 0 Å². The lowest BCUT2D eigenvalue weighted by Gasteiger charge is -2.26. The molecule has 1 aliphatic rings. The van der Waals surface area contributed by atoms with Gasteiger partial charge in [0.05, 0.1) is 11.5 Å². The summed E-state index contributed by atoms with van der Waals surface area (Å²) in [6.45, 7) is 7.41. The standard InChI is InChI=1S/C17H26N2O3S/c1-4-19(16-8-10-23(21,22)12-16)9-7-17(20)18-15-6-5-13(2)14(3)11-15/h5-6,11,16H,4,7-10,12H2,1-3H3,(H,18,20). The topological polar surface area (TPSA) is 66.5 Å². The molecule has 1 aliphatic heterocycles. The van der Waals surface area contributed by atoms with Crippen molar-refractivity contribution in [2.45, 2.75) is 39.7 Å². The molecule has 6 heteroatoms. The van der Waals surface area contributed by atoms with E-state index in [-0.39, 0.29) is 23.5 Å². The number of rotatable bonds is 6. The number of benzene rings is 1. The van der Waals surface area contributed by atoms with Crippen LogP contribution in [0.1, 0.15) is 30.9 Å². The molecule has 1 saturated heterocycles. The van der Waals surface area contributed by atoms with E-state index in [1.807, 2.05) is 39.0 Å². The molecule has 0 bridgehead atoms. The quantitative estimate of drug-likeness (QED) is 0.863. The zero-order chi connectivity index (χ0) is 17.0. The Morgan fingerprint density at radius 3 is 2.61 bits per heavy atom. The Bertz CT molecular complexity index is 670. The fraction of sp³-hybridized carbons (Fsp3) is 0.588. The highest BCUT2D eigenvalue weighted by Gasteiger charge is 2.31. The number of hydrogen-bond acceptors (Lipinski definition) is 4. The molecule has 0 aromatic heterocycles. The van der Waals surface area contributed by atoms with Gasteiger partial charge in [-0.2, -0.15) is 0 Å². The first-order valence-electron chi connectivity index (χ1n) is 8.12. The van der Waals surface area contributed by atoms with Crippen LogP contribution < -0.4 is 5.32 Å². The third-order valence-corrected chi connectivity index (χ3v) is 6.30. The Kier molecular flexibility index (Phi) is 5.81. The number of anilines is 1. The molecule has 1 amide bonds. The zero-order valence-corrected chi connectivity index (χ0v) is 14.9. The Morgan fingerprint density at radius 2 is 2.04 bits per heavy atom. The van der Waals surface area contributed by atoms with E-state index in [1.54, 1.807) is 0 Å². The summed E-state index contributed by atoms with van der Waals surface area (Å²) >= 11 is 0. The van der Waals surface area contributed by atoms with Crippen LogP contribution in [-0.4, -0.2) is 49.9 Å². The third-order valence-electron chi connectivity index (χ3n) is 4.55. The maximum Gasteiger partial charge on any atom is 0.225 e. The monoisotopic (exact) mass is 338 g/mol. The predicted molar refractivity (Wildman–Crippen MR) is 93.5 cm³/mol. The zero-order valence-electron chi connectivity index (χ0n) is 14.1. The number of sulfone groups is 1. The van der Waals surface area contributed by atoms with Crippen LogP contribution in [0.2, 0.25) is 0 Å². The van der Waals surface area contributed by atoms with Crippen LogP contribution in [-0.2, 0) is 14.6 Å². The number of carbonyl (C=O) groups excluding carboxylic acids is 1. The SMILES string of the molecule is CCN(CCC(=O)Nc1ccc(C)c(C)c1)C1CCS(=O)(=O)C1. The van der Waals surface area contributed by atoms with E-state index >= 15 is 0 Å². The number of aryl methyl sites for hydroxylation is 2. The van der Waals surface area contributed by atoms with Crippen LogP contribution in [0.15, 0.2) is 18.2 Å². The van der Waals surface area contributed by atoms with Gasteiger partial charge in [0.1, 0.15) is 0 Å². The number of amides is 1. The fourth-order valence-corrected chi connectivity index (χ4v) is 4.71. The van der Waals surface area contributed by atoms with Crippen molar-refractivity contribution in [3.8, 4) is 0 Å². The molecule has 5 nitrogen and oxygen atoms in total. The highest BCUT2D eigenvalue weighted by molar-refractivity contribution is 7.91. The van der Waals surface area contributed by atoms with Crippen molar-refractivity contribution in [2.24, 2.45) is 0 Å². The second-order valence-corrected chi connectivity index (χ2v) is 8.51. The normalized spacial score (nSPS) is 19.9. The lowest BCUT2D eigenvalue weighted by atomic mass is 10.1. The van der Waals surface area contributed by atoms with E-state index < -0.39 is 9.84 Å². The number of carbonyl (C=O) groups is 1. The molecule has 1 aromatic rings. The largest absolute Gasteiger partial charge is 0.326 e. The van der Waals surface area contributed by atoms with Gasteiger partial charge in [-0.25, -0.2) is 8.42 Å². The maximum absolute atomic E-state index is 12.1. The van der Waals surface area contributed by atoms with Crippen molar-refractivity contribution in [1.82, 2.24) is 4.90 Å².